The average Bonchev–Trinajstić information content (AvgIpc) is 3.97. The Kier molecular flexibility index (Phi) is 8.58. The van der Waals surface area contributed by atoms with Gasteiger partial charge in [-0.2, -0.15) is 0 Å². The molecular weight excluding hydrogens is 831 g/mol. The molecule has 318 valence electrons. The number of benzene rings is 11. The molecule has 0 fully saturated rings. The van der Waals surface area contributed by atoms with Gasteiger partial charge < -0.3 is 14.2 Å². The van der Waals surface area contributed by atoms with Crippen molar-refractivity contribution in [2.75, 3.05) is 0 Å². The quantitative estimate of drug-likeness (QED) is 0.181. The first kappa shape index (κ1) is 38.2. The largest absolute Gasteiger partial charge is 0.456 e. The highest BCUT2D eigenvalue weighted by Gasteiger charge is 2.26. The van der Waals surface area contributed by atoms with Crippen LogP contribution in [0.15, 0.2) is 243 Å². The van der Waals surface area contributed by atoms with Crippen molar-refractivity contribution in [1.29, 1.82) is 0 Å². The average molecular weight is 870 g/mol. The van der Waals surface area contributed by atoms with E-state index in [-0.39, 0.29) is 0 Å². The van der Waals surface area contributed by atoms with Crippen LogP contribution in [0.4, 0.5) is 0 Å². The van der Waals surface area contributed by atoms with Gasteiger partial charge in [0.05, 0.1) is 0 Å². The zero-order valence-electron chi connectivity index (χ0n) is 36.7. The third kappa shape index (κ3) is 6.24. The highest BCUT2D eigenvalue weighted by molar-refractivity contribution is 6.24. The number of para-hydroxylation sites is 1. The fourth-order valence-electron chi connectivity index (χ4n) is 10.4. The summed E-state index contributed by atoms with van der Waals surface area (Å²) < 4.78 is 13.1. The molecule has 13 aromatic rings. The van der Waals surface area contributed by atoms with Crippen molar-refractivity contribution in [3.8, 4) is 33.4 Å². The van der Waals surface area contributed by atoms with Crippen LogP contribution < -0.4 is 5.32 Å². The second-order valence-electron chi connectivity index (χ2n) is 17.7. The molecule has 5 nitrogen and oxygen atoms in total. The van der Waals surface area contributed by atoms with Crippen molar-refractivity contribution in [1.82, 2.24) is 5.32 Å². The van der Waals surface area contributed by atoms with Crippen LogP contribution >= 0.6 is 0 Å². The summed E-state index contributed by atoms with van der Waals surface area (Å²) in [5, 5.41) is 15.1. The number of hydrogen-bond acceptors (Lipinski definition) is 5. The van der Waals surface area contributed by atoms with Crippen LogP contribution in [-0.2, 0) is 0 Å². The van der Waals surface area contributed by atoms with Gasteiger partial charge >= 0.3 is 0 Å². The Morgan fingerprint density at radius 2 is 0.941 bits per heavy atom. The van der Waals surface area contributed by atoms with E-state index in [0.29, 0.717) is 5.84 Å². The molecule has 5 heteroatoms. The highest BCUT2D eigenvalue weighted by Crippen LogP contribution is 2.47. The molecule has 1 unspecified atom stereocenters. The van der Waals surface area contributed by atoms with E-state index in [0.717, 1.165) is 116 Å². The third-order valence-electron chi connectivity index (χ3n) is 13.7. The van der Waals surface area contributed by atoms with E-state index in [9.17, 15) is 0 Å². The van der Waals surface area contributed by atoms with Crippen molar-refractivity contribution in [2.24, 2.45) is 9.98 Å². The van der Waals surface area contributed by atoms with Gasteiger partial charge in [0.15, 0.2) is 5.84 Å². The molecule has 1 aliphatic heterocycles. The lowest BCUT2D eigenvalue weighted by molar-refractivity contribution is 0.655. The molecule has 0 amide bonds. The van der Waals surface area contributed by atoms with Crippen LogP contribution in [0.1, 0.15) is 22.9 Å². The molecule has 68 heavy (non-hydrogen) atoms. The number of aliphatic imine (C=N–C) groups is 2. The first-order chi connectivity index (χ1) is 33.7. The van der Waals surface area contributed by atoms with E-state index >= 15 is 0 Å². The second kappa shape index (κ2) is 15.3. The molecule has 1 aliphatic rings. The second-order valence-corrected chi connectivity index (χ2v) is 17.7. The number of hydrogen-bond donors (Lipinski definition) is 1. The predicted octanol–water partition coefficient (Wildman–Crippen LogP) is 16.4. The molecule has 0 bridgehead atoms. The van der Waals surface area contributed by atoms with Crippen LogP contribution in [0.3, 0.4) is 0 Å². The summed E-state index contributed by atoms with van der Waals surface area (Å²) >= 11 is 0. The maximum atomic E-state index is 6.75. The van der Waals surface area contributed by atoms with Gasteiger partial charge in [-0.25, -0.2) is 9.98 Å². The van der Waals surface area contributed by atoms with Gasteiger partial charge in [0.1, 0.15) is 34.3 Å². The van der Waals surface area contributed by atoms with E-state index in [4.69, 9.17) is 18.8 Å². The summed E-state index contributed by atoms with van der Waals surface area (Å²) in [6.45, 7) is 0. The molecule has 1 N–H and O–H groups in total. The monoisotopic (exact) mass is 869 g/mol. The van der Waals surface area contributed by atoms with Crippen molar-refractivity contribution in [3.05, 3.63) is 241 Å². The summed E-state index contributed by atoms with van der Waals surface area (Å²) in [6.07, 6.45) is -0.442. The minimum atomic E-state index is -0.442. The summed E-state index contributed by atoms with van der Waals surface area (Å²) in [7, 11) is 0. The first-order valence-electron chi connectivity index (χ1n) is 23.1. The maximum Gasteiger partial charge on any atom is 0.159 e. The van der Waals surface area contributed by atoms with Gasteiger partial charge in [-0.1, -0.05) is 188 Å². The highest BCUT2D eigenvalue weighted by atomic mass is 16.3. The van der Waals surface area contributed by atoms with Gasteiger partial charge in [-0.3, -0.25) is 0 Å². The molecule has 11 aromatic carbocycles. The molecule has 1 atom stereocenters. The fourth-order valence-corrected chi connectivity index (χ4v) is 10.4. The number of rotatable bonds is 6. The van der Waals surface area contributed by atoms with Crippen molar-refractivity contribution < 1.29 is 8.83 Å². The molecule has 0 spiro atoms. The fraction of sp³-hybridized carbons (Fsp3) is 0.0159. The lowest BCUT2D eigenvalue weighted by Gasteiger charge is -2.25. The Morgan fingerprint density at radius 1 is 0.353 bits per heavy atom. The van der Waals surface area contributed by atoms with Gasteiger partial charge in [-0.05, 0) is 96.5 Å². The molecule has 2 aromatic heterocycles. The van der Waals surface area contributed by atoms with Crippen LogP contribution in [0.25, 0.3) is 110 Å². The number of nitrogens with zero attached hydrogens (tertiary/aromatic N) is 2. The molecule has 0 saturated heterocycles. The third-order valence-corrected chi connectivity index (χ3v) is 13.7. The zero-order chi connectivity index (χ0) is 44.7. The molecule has 3 heterocycles. The molecule has 0 saturated carbocycles. The first-order valence-corrected chi connectivity index (χ1v) is 23.1. The minimum Gasteiger partial charge on any atom is -0.456 e. The topological polar surface area (TPSA) is 63.0 Å². The molecular formula is C63H39N3O2. The molecule has 0 radical (unpaired) electrons. The summed E-state index contributed by atoms with van der Waals surface area (Å²) in [5.41, 5.74) is 13.1. The van der Waals surface area contributed by atoms with Crippen molar-refractivity contribution in [3.63, 3.8) is 0 Å². The Morgan fingerprint density at radius 3 is 1.76 bits per heavy atom. The van der Waals surface area contributed by atoms with E-state index in [1.807, 2.05) is 18.2 Å². The van der Waals surface area contributed by atoms with Gasteiger partial charge in [0, 0.05) is 43.8 Å². The van der Waals surface area contributed by atoms with Gasteiger partial charge in [-0.15, -0.1) is 0 Å². The Labute approximate surface area is 391 Å². The number of fused-ring (bicyclic) bond motifs is 9. The smallest absolute Gasteiger partial charge is 0.159 e. The van der Waals surface area contributed by atoms with E-state index in [1.165, 1.54) is 16.2 Å². The van der Waals surface area contributed by atoms with E-state index in [1.54, 1.807) is 0 Å². The van der Waals surface area contributed by atoms with Gasteiger partial charge in [0.2, 0.25) is 0 Å². The van der Waals surface area contributed by atoms with Crippen molar-refractivity contribution in [2.45, 2.75) is 6.17 Å². The van der Waals surface area contributed by atoms with Gasteiger partial charge in [0.25, 0.3) is 0 Å². The van der Waals surface area contributed by atoms with Crippen LogP contribution in [0.5, 0.6) is 0 Å². The minimum absolute atomic E-state index is 0.442. The predicted molar refractivity (Wildman–Crippen MR) is 282 cm³/mol. The van der Waals surface area contributed by atoms with Crippen molar-refractivity contribution >= 4 is 87.9 Å². The van der Waals surface area contributed by atoms with Crippen LogP contribution in [0, 0.1) is 0 Å². The summed E-state index contributed by atoms with van der Waals surface area (Å²) in [6, 6.07) is 79.5. The summed E-state index contributed by atoms with van der Waals surface area (Å²) in [4.78, 5) is 10.7. The Bertz CT molecular complexity index is 4240. The zero-order valence-corrected chi connectivity index (χ0v) is 36.7. The lowest BCUT2D eigenvalue weighted by atomic mass is 9.86. The number of furan rings is 2. The van der Waals surface area contributed by atoms with Crippen LogP contribution in [-0.4, -0.2) is 11.7 Å². The Balaban J connectivity index is 0.966. The number of amidine groups is 2. The molecule has 0 aliphatic carbocycles. The maximum absolute atomic E-state index is 6.75. The standard InChI is InChI=1S/C63H39N3O2/c1-2-12-38(13-3-1)40-22-25-41(26-23-40)61-64-62(46-28-29-51-50-20-10-11-21-55(50)67-57(51)37-46)66-63(65-61)53-31-30-52(48-18-8-9-19-49(48)53)59-47(45-27-24-39-14-4-5-15-42(39)34-45)32-33-56-60(59)54-35-43-16-6-7-17-44(43)36-58(54)68-56/h1-37,62H,(H,64,65,66). The summed E-state index contributed by atoms with van der Waals surface area (Å²) in [5.74, 6) is 1.40. The Hall–Kier alpha value is -9.06. The SMILES string of the molecule is c1ccc(-c2ccc(C3=NC(c4ccc5c(c4)oc4ccccc45)NC(c4ccc(-c5c(-c6ccc7ccccc7c6)ccc6oc7cc8ccccc8cc7c56)c5ccccc45)=N3)cc2)cc1. The van der Waals surface area contributed by atoms with E-state index in [2.05, 4.69) is 212 Å². The lowest BCUT2D eigenvalue weighted by Crippen LogP contribution is -2.33. The normalized spacial score (nSPS) is 14.0. The molecule has 14 rings (SSSR count). The number of nitrogens with one attached hydrogen (secondary N) is 1. The van der Waals surface area contributed by atoms with Crippen LogP contribution in [0.2, 0.25) is 0 Å². The van der Waals surface area contributed by atoms with E-state index < -0.39 is 6.17 Å².